The maximum absolute atomic E-state index is 12.9. The quantitative estimate of drug-likeness (QED) is 0.712. The number of nitrogens with zero attached hydrogens (tertiary/aromatic N) is 3. The molecule has 0 aromatic heterocycles. The van der Waals surface area contributed by atoms with E-state index in [2.05, 4.69) is 10.4 Å². The Morgan fingerprint density at radius 1 is 1.06 bits per heavy atom. The van der Waals surface area contributed by atoms with E-state index in [4.69, 9.17) is 4.74 Å². The molecule has 3 aliphatic heterocycles. The fraction of sp³-hybridized carbons (Fsp3) is 0.682. The first kappa shape index (κ1) is 22.5. The van der Waals surface area contributed by atoms with Crippen LogP contribution in [-0.4, -0.2) is 72.2 Å². The van der Waals surface area contributed by atoms with Gasteiger partial charge in [-0.25, -0.2) is 23.6 Å². The van der Waals surface area contributed by atoms with Crippen molar-refractivity contribution in [1.29, 1.82) is 0 Å². The molecule has 1 N–H and O–H groups in total. The first-order valence-electron chi connectivity index (χ1n) is 11.1. The number of aryl methyl sites for hydroxylation is 1. The number of sulfonamides is 1. The first-order valence-corrected chi connectivity index (χ1v) is 12.6. The summed E-state index contributed by atoms with van der Waals surface area (Å²) in [7, 11) is -3.44. The Morgan fingerprint density at radius 3 is 2.19 bits per heavy atom. The largest absolute Gasteiger partial charge is 0.444 e. The summed E-state index contributed by atoms with van der Waals surface area (Å²) >= 11 is 0. The van der Waals surface area contributed by atoms with Crippen LogP contribution in [0.25, 0.3) is 0 Å². The average Bonchev–Trinajstić information content (AvgIpc) is 3.40. The summed E-state index contributed by atoms with van der Waals surface area (Å²) in [5, 5.41) is 2.30. The van der Waals surface area contributed by atoms with E-state index < -0.39 is 15.6 Å². The van der Waals surface area contributed by atoms with E-state index in [1.54, 1.807) is 21.3 Å². The SMILES string of the molecule is Cc1ccc(S(=O)(=O)N2CCC(N3NC34CCN(C(=O)OC(C)(C)C)CC4)CC2)cc1. The van der Waals surface area contributed by atoms with E-state index in [1.807, 2.05) is 39.8 Å². The van der Waals surface area contributed by atoms with Gasteiger partial charge in [0.05, 0.1) is 4.90 Å². The molecule has 1 atom stereocenters. The van der Waals surface area contributed by atoms with Gasteiger partial charge < -0.3 is 9.64 Å². The van der Waals surface area contributed by atoms with Gasteiger partial charge in [-0.15, -0.1) is 0 Å². The molecule has 1 aromatic carbocycles. The number of hydrogen-bond acceptors (Lipinski definition) is 6. The van der Waals surface area contributed by atoms with E-state index in [0.29, 0.717) is 37.1 Å². The zero-order valence-electron chi connectivity index (χ0n) is 18.9. The highest BCUT2D eigenvalue weighted by atomic mass is 32.2. The van der Waals surface area contributed by atoms with E-state index >= 15 is 0 Å². The fourth-order valence-electron chi connectivity index (χ4n) is 4.58. The Labute approximate surface area is 185 Å². The third kappa shape index (κ3) is 4.74. The lowest BCUT2D eigenvalue weighted by atomic mass is 9.99. The molecule has 3 heterocycles. The number of likely N-dealkylation sites (tertiary alicyclic amines) is 1. The third-order valence-electron chi connectivity index (χ3n) is 6.43. The molecule has 1 spiro atoms. The van der Waals surface area contributed by atoms with Gasteiger partial charge in [0.25, 0.3) is 0 Å². The van der Waals surface area contributed by atoms with Crippen LogP contribution in [0.4, 0.5) is 4.79 Å². The normalized spacial score (nSPS) is 24.9. The highest BCUT2D eigenvalue weighted by Crippen LogP contribution is 2.40. The summed E-state index contributed by atoms with van der Waals surface area (Å²) in [6.07, 6.45) is 3.07. The van der Waals surface area contributed by atoms with Crippen molar-refractivity contribution in [3.05, 3.63) is 29.8 Å². The second-order valence-electron chi connectivity index (χ2n) is 9.93. The highest BCUT2D eigenvalue weighted by molar-refractivity contribution is 7.89. The van der Waals surface area contributed by atoms with Crippen LogP contribution < -0.4 is 5.43 Å². The van der Waals surface area contributed by atoms with E-state index in [0.717, 1.165) is 31.2 Å². The molecule has 1 amide bonds. The molecule has 9 heteroatoms. The topological polar surface area (TPSA) is 91.9 Å². The van der Waals surface area contributed by atoms with Crippen LogP contribution in [0.3, 0.4) is 0 Å². The van der Waals surface area contributed by atoms with Gasteiger partial charge >= 0.3 is 6.09 Å². The Hall–Kier alpha value is -1.68. The van der Waals surface area contributed by atoms with Gasteiger partial charge in [0.1, 0.15) is 11.3 Å². The number of hydrogen-bond donors (Lipinski definition) is 1. The van der Waals surface area contributed by atoms with Gasteiger partial charge in [-0.3, -0.25) is 0 Å². The lowest BCUT2D eigenvalue weighted by molar-refractivity contribution is 0.0176. The van der Waals surface area contributed by atoms with E-state index in [9.17, 15) is 13.2 Å². The van der Waals surface area contributed by atoms with Crippen molar-refractivity contribution < 1.29 is 17.9 Å². The minimum absolute atomic E-state index is 0.0544. The third-order valence-corrected chi connectivity index (χ3v) is 8.34. The Kier molecular flexibility index (Phi) is 5.83. The number of rotatable bonds is 3. The number of carbonyl (C=O) groups is 1. The van der Waals surface area contributed by atoms with Crippen molar-refractivity contribution in [2.75, 3.05) is 26.2 Å². The summed E-state index contributed by atoms with van der Waals surface area (Å²) in [6.45, 7) is 9.98. The summed E-state index contributed by atoms with van der Waals surface area (Å²) in [6, 6.07) is 7.38. The van der Waals surface area contributed by atoms with Crippen LogP contribution in [0.1, 0.15) is 52.0 Å². The van der Waals surface area contributed by atoms with Crippen molar-refractivity contribution in [2.45, 2.75) is 75.6 Å². The molecule has 31 heavy (non-hydrogen) atoms. The molecular formula is C22H34N4O4S. The van der Waals surface area contributed by atoms with Crippen LogP contribution in [0, 0.1) is 6.92 Å². The number of benzene rings is 1. The fourth-order valence-corrected chi connectivity index (χ4v) is 6.05. The number of ether oxygens (including phenoxy) is 1. The number of hydrazine groups is 1. The summed E-state index contributed by atoms with van der Waals surface area (Å²) in [4.78, 5) is 14.5. The molecule has 1 aromatic rings. The first-order chi connectivity index (χ1) is 14.5. The van der Waals surface area contributed by atoms with Crippen LogP contribution in [0.2, 0.25) is 0 Å². The lowest BCUT2D eigenvalue weighted by Gasteiger charge is -2.35. The molecule has 4 rings (SSSR count). The zero-order valence-corrected chi connectivity index (χ0v) is 19.7. The van der Waals surface area contributed by atoms with Gasteiger partial charge in [-0.05, 0) is 65.5 Å². The Bertz CT molecular complexity index is 910. The molecule has 0 saturated carbocycles. The highest BCUT2D eigenvalue weighted by Gasteiger charge is 2.56. The van der Waals surface area contributed by atoms with Gasteiger partial charge in [-0.2, -0.15) is 4.31 Å². The maximum Gasteiger partial charge on any atom is 0.410 e. The smallest absolute Gasteiger partial charge is 0.410 e. The molecule has 0 bridgehead atoms. The molecule has 3 saturated heterocycles. The molecule has 0 aliphatic carbocycles. The van der Waals surface area contributed by atoms with E-state index in [1.165, 1.54) is 0 Å². The average molecular weight is 451 g/mol. The minimum atomic E-state index is -3.44. The second-order valence-corrected chi connectivity index (χ2v) is 11.9. The number of nitrogens with one attached hydrogen (secondary N) is 1. The molecule has 1 unspecified atom stereocenters. The van der Waals surface area contributed by atoms with Gasteiger partial charge in [-0.1, -0.05) is 17.7 Å². The molecular weight excluding hydrogens is 416 g/mol. The predicted molar refractivity (Wildman–Crippen MR) is 118 cm³/mol. The van der Waals surface area contributed by atoms with Crippen LogP contribution >= 0.6 is 0 Å². The monoisotopic (exact) mass is 450 g/mol. The van der Waals surface area contributed by atoms with Gasteiger partial charge in [0.2, 0.25) is 10.0 Å². The lowest BCUT2D eigenvalue weighted by Crippen LogP contribution is -2.47. The molecule has 3 fully saturated rings. The number of carbonyl (C=O) groups excluding carboxylic acids is 1. The second kappa shape index (κ2) is 8.03. The van der Waals surface area contributed by atoms with Gasteiger partial charge in [0, 0.05) is 32.2 Å². The minimum Gasteiger partial charge on any atom is -0.444 e. The predicted octanol–water partition coefficient (Wildman–Crippen LogP) is 2.70. The van der Waals surface area contributed by atoms with Crippen molar-refractivity contribution in [3.8, 4) is 0 Å². The summed E-state index contributed by atoms with van der Waals surface area (Å²) in [5.41, 5.74) is 4.05. The van der Waals surface area contributed by atoms with Crippen molar-refractivity contribution >= 4 is 16.1 Å². The Morgan fingerprint density at radius 2 is 1.65 bits per heavy atom. The molecule has 8 nitrogen and oxygen atoms in total. The standard InChI is InChI=1S/C22H34N4O4S/c1-17-5-7-19(8-6-17)31(28,29)25-13-9-18(10-14-25)26-22(23-26)11-15-24(16-12-22)20(27)30-21(2,3)4/h5-8,18,23H,9-16H2,1-4H3. The zero-order chi connectivity index (χ0) is 22.4. The summed E-state index contributed by atoms with van der Waals surface area (Å²) < 4.78 is 33.0. The van der Waals surface area contributed by atoms with Crippen molar-refractivity contribution in [1.82, 2.24) is 19.6 Å². The van der Waals surface area contributed by atoms with Crippen LogP contribution in [-0.2, 0) is 14.8 Å². The van der Waals surface area contributed by atoms with Crippen LogP contribution in [0.15, 0.2) is 29.2 Å². The number of piperidine rings is 2. The van der Waals surface area contributed by atoms with Crippen molar-refractivity contribution in [2.24, 2.45) is 0 Å². The van der Waals surface area contributed by atoms with Crippen molar-refractivity contribution in [3.63, 3.8) is 0 Å². The molecule has 0 radical (unpaired) electrons. The van der Waals surface area contributed by atoms with Crippen LogP contribution in [0.5, 0.6) is 0 Å². The van der Waals surface area contributed by atoms with Gasteiger partial charge in [0.15, 0.2) is 0 Å². The van der Waals surface area contributed by atoms with E-state index in [-0.39, 0.29) is 11.8 Å². The maximum atomic E-state index is 12.9. The molecule has 172 valence electrons. The summed E-state index contributed by atoms with van der Waals surface area (Å²) in [5.74, 6) is 0. The molecule has 3 aliphatic rings. The Balaban J connectivity index is 1.28. The number of amides is 1.